The highest BCUT2D eigenvalue weighted by Gasteiger charge is 2.21. The van der Waals surface area contributed by atoms with E-state index in [9.17, 15) is 0 Å². The third-order valence-corrected chi connectivity index (χ3v) is 3.34. The molecule has 2 heteroatoms. The van der Waals surface area contributed by atoms with Gasteiger partial charge in [0.25, 0.3) is 0 Å². The van der Waals surface area contributed by atoms with Crippen molar-refractivity contribution in [2.45, 2.75) is 58.5 Å². The molecule has 1 heterocycles. The predicted molar refractivity (Wildman–Crippen MR) is 62.6 cm³/mol. The molecule has 0 radical (unpaired) electrons. The van der Waals surface area contributed by atoms with Crippen LogP contribution in [0, 0.1) is 0 Å². The maximum Gasteiger partial charge on any atom is 0.0195 e. The van der Waals surface area contributed by atoms with Crippen LogP contribution in [0.4, 0.5) is 0 Å². The second kappa shape index (κ2) is 6.41. The van der Waals surface area contributed by atoms with Gasteiger partial charge in [-0.1, -0.05) is 26.2 Å². The Hall–Kier alpha value is -0.0800. The first kappa shape index (κ1) is 12.0. The highest BCUT2D eigenvalue weighted by molar-refractivity contribution is 4.80. The lowest BCUT2D eigenvalue weighted by Crippen LogP contribution is -2.53. The number of hydrogen-bond donors (Lipinski definition) is 1. The number of rotatable bonds is 5. The normalized spacial score (nSPS) is 26.4. The molecule has 1 N–H and O–H groups in total. The van der Waals surface area contributed by atoms with Crippen molar-refractivity contribution in [1.82, 2.24) is 10.2 Å². The van der Waals surface area contributed by atoms with Gasteiger partial charge in [0.1, 0.15) is 0 Å². The molecular weight excluding hydrogens is 172 g/mol. The molecule has 0 amide bonds. The Morgan fingerprint density at radius 1 is 1.43 bits per heavy atom. The minimum absolute atomic E-state index is 0.723. The van der Waals surface area contributed by atoms with Gasteiger partial charge in [-0.2, -0.15) is 0 Å². The van der Waals surface area contributed by atoms with Crippen molar-refractivity contribution in [3.05, 3.63) is 0 Å². The molecule has 1 aliphatic rings. The number of hydrogen-bond acceptors (Lipinski definition) is 2. The molecule has 14 heavy (non-hydrogen) atoms. The first-order valence-electron chi connectivity index (χ1n) is 6.22. The second-order valence-corrected chi connectivity index (χ2v) is 4.64. The first-order valence-corrected chi connectivity index (χ1v) is 6.22. The van der Waals surface area contributed by atoms with Gasteiger partial charge in [-0.15, -0.1) is 0 Å². The number of nitrogens with one attached hydrogen (secondary N) is 1. The lowest BCUT2D eigenvalue weighted by molar-refractivity contribution is 0.118. The lowest BCUT2D eigenvalue weighted by atomic mass is 10.1. The monoisotopic (exact) mass is 198 g/mol. The van der Waals surface area contributed by atoms with Crippen LogP contribution in [0.1, 0.15) is 46.5 Å². The summed E-state index contributed by atoms with van der Waals surface area (Å²) in [5.74, 6) is 0. The molecular formula is C12H26N2. The zero-order chi connectivity index (χ0) is 10.4. The van der Waals surface area contributed by atoms with Crippen LogP contribution >= 0.6 is 0 Å². The maximum atomic E-state index is 3.44. The highest BCUT2D eigenvalue weighted by Crippen LogP contribution is 2.13. The summed E-state index contributed by atoms with van der Waals surface area (Å²) < 4.78 is 0. The Labute approximate surface area is 89.1 Å². The van der Waals surface area contributed by atoms with Crippen LogP contribution < -0.4 is 5.32 Å². The Bertz CT molecular complexity index is 147. The third-order valence-electron chi connectivity index (χ3n) is 3.34. The molecule has 2 atom stereocenters. The van der Waals surface area contributed by atoms with Crippen LogP contribution in [-0.2, 0) is 0 Å². The average Bonchev–Trinajstić information content (AvgIpc) is 2.18. The maximum absolute atomic E-state index is 3.44. The van der Waals surface area contributed by atoms with Crippen LogP contribution in [0.2, 0.25) is 0 Å². The van der Waals surface area contributed by atoms with Crippen molar-refractivity contribution >= 4 is 0 Å². The number of nitrogens with zero attached hydrogens (tertiary/aromatic N) is 1. The summed E-state index contributed by atoms with van der Waals surface area (Å²) in [6.45, 7) is 10.6. The molecule has 0 spiro atoms. The van der Waals surface area contributed by atoms with E-state index in [4.69, 9.17) is 0 Å². The van der Waals surface area contributed by atoms with E-state index in [0.29, 0.717) is 0 Å². The molecule has 2 nitrogen and oxygen atoms in total. The van der Waals surface area contributed by atoms with Crippen molar-refractivity contribution in [3.8, 4) is 0 Å². The predicted octanol–water partition coefficient (Wildman–Crippen LogP) is 2.25. The Morgan fingerprint density at radius 3 is 2.86 bits per heavy atom. The fraction of sp³-hybridized carbons (Fsp3) is 1.00. The molecule has 0 aromatic heterocycles. The summed E-state index contributed by atoms with van der Waals surface area (Å²) in [5.41, 5.74) is 0. The van der Waals surface area contributed by atoms with E-state index in [-0.39, 0.29) is 0 Å². The molecule has 1 aliphatic heterocycles. The van der Waals surface area contributed by atoms with Crippen LogP contribution in [0.25, 0.3) is 0 Å². The van der Waals surface area contributed by atoms with Crippen molar-refractivity contribution in [2.24, 2.45) is 0 Å². The van der Waals surface area contributed by atoms with Crippen molar-refractivity contribution in [1.29, 1.82) is 0 Å². The van der Waals surface area contributed by atoms with Crippen molar-refractivity contribution in [3.63, 3.8) is 0 Å². The van der Waals surface area contributed by atoms with Crippen LogP contribution in [0.3, 0.4) is 0 Å². The van der Waals surface area contributed by atoms with Gasteiger partial charge in [0.05, 0.1) is 0 Å². The average molecular weight is 198 g/mol. The number of unbranched alkanes of at least 4 members (excludes halogenated alkanes) is 2. The fourth-order valence-corrected chi connectivity index (χ4v) is 2.37. The van der Waals surface area contributed by atoms with Crippen LogP contribution in [0.5, 0.6) is 0 Å². The first-order chi connectivity index (χ1) is 6.75. The van der Waals surface area contributed by atoms with Gasteiger partial charge in [-0.05, 0) is 20.3 Å². The molecule has 1 fully saturated rings. The summed E-state index contributed by atoms with van der Waals surface area (Å²) in [6.07, 6.45) is 5.50. The molecule has 0 aliphatic carbocycles. The second-order valence-electron chi connectivity index (χ2n) is 4.64. The summed E-state index contributed by atoms with van der Waals surface area (Å²) >= 11 is 0. The quantitative estimate of drug-likeness (QED) is 0.682. The summed E-state index contributed by atoms with van der Waals surface area (Å²) in [4.78, 5) is 2.66. The Balaban J connectivity index is 2.23. The summed E-state index contributed by atoms with van der Waals surface area (Å²) in [6, 6.07) is 1.50. The fourth-order valence-electron chi connectivity index (χ4n) is 2.37. The molecule has 1 rings (SSSR count). The van der Waals surface area contributed by atoms with E-state index in [1.165, 1.54) is 38.8 Å². The van der Waals surface area contributed by atoms with E-state index in [0.717, 1.165) is 18.6 Å². The van der Waals surface area contributed by atoms with Crippen LogP contribution in [0.15, 0.2) is 0 Å². The Kier molecular flexibility index (Phi) is 5.49. The lowest BCUT2D eigenvalue weighted by Gasteiger charge is -2.38. The van der Waals surface area contributed by atoms with Gasteiger partial charge >= 0.3 is 0 Å². The minimum atomic E-state index is 0.723. The molecule has 0 bridgehead atoms. The molecule has 1 saturated heterocycles. The van der Waals surface area contributed by atoms with Gasteiger partial charge in [0, 0.05) is 31.7 Å². The van der Waals surface area contributed by atoms with Crippen LogP contribution in [-0.4, -0.2) is 36.6 Å². The standard InChI is InChI=1S/C12H26N2/c1-4-5-6-7-11(2)14-9-8-13-10-12(14)3/h11-13H,4-10H2,1-3H3/t11-,12-/m1/s1. The van der Waals surface area contributed by atoms with E-state index in [2.05, 4.69) is 31.0 Å². The van der Waals surface area contributed by atoms with Crippen molar-refractivity contribution < 1.29 is 0 Å². The largest absolute Gasteiger partial charge is 0.314 e. The molecule has 84 valence electrons. The van der Waals surface area contributed by atoms with Gasteiger partial charge in [-0.3, -0.25) is 4.90 Å². The molecule has 0 aromatic rings. The zero-order valence-electron chi connectivity index (χ0n) is 10.1. The smallest absolute Gasteiger partial charge is 0.0195 e. The molecule has 0 aromatic carbocycles. The highest BCUT2D eigenvalue weighted by atomic mass is 15.2. The topological polar surface area (TPSA) is 15.3 Å². The Morgan fingerprint density at radius 2 is 2.21 bits per heavy atom. The molecule has 0 saturated carbocycles. The van der Waals surface area contributed by atoms with E-state index < -0.39 is 0 Å². The van der Waals surface area contributed by atoms with Crippen molar-refractivity contribution in [2.75, 3.05) is 19.6 Å². The van der Waals surface area contributed by atoms with Gasteiger partial charge in [0.2, 0.25) is 0 Å². The van der Waals surface area contributed by atoms with Gasteiger partial charge < -0.3 is 5.32 Å². The van der Waals surface area contributed by atoms with E-state index in [1.807, 2.05) is 0 Å². The molecule has 0 unspecified atom stereocenters. The number of piperazine rings is 1. The van der Waals surface area contributed by atoms with E-state index >= 15 is 0 Å². The minimum Gasteiger partial charge on any atom is -0.314 e. The summed E-state index contributed by atoms with van der Waals surface area (Å²) in [5, 5.41) is 3.44. The zero-order valence-corrected chi connectivity index (χ0v) is 10.1. The SMILES string of the molecule is CCCCC[C@@H](C)N1CCNC[C@H]1C. The third kappa shape index (κ3) is 3.58. The van der Waals surface area contributed by atoms with Gasteiger partial charge in [-0.25, -0.2) is 0 Å². The summed E-state index contributed by atoms with van der Waals surface area (Å²) in [7, 11) is 0. The van der Waals surface area contributed by atoms with E-state index in [1.54, 1.807) is 0 Å². The van der Waals surface area contributed by atoms with Gasteiger partial charge in [0.15, 0.2) is 0 Å².